The zero-order valence-electron chi connectivity index (χ0n) is 16.8. The lowest BCUT2D eigenvalue weighted by Crippen LogP contribution is -2.45. The molecule has 5 rings (SSSR count). The molecule has 0 aliphatic heterocycles. The molecule has 3 heterocycles. The summed E-state index contributed by atoms with van der Waals surface area (Å²) in [5, 5.41) is 16.8. The summed E-state index contributed by atoms with van der Waals surface area (Å²) < 4.78 is 44.1. The lowest BCUT2D eigenvalue weighted by Gasteiger charge is -2.38. The van der Waals surface area contributed by atoms with Crippen LogP contribution in [-0.4, -0.2) is 36.5 Å². The number of aromatic nitrogens is 4. The van der Waals surface area contributed by atoms with Gasteiger partial charge in [0.05, 0.1) is 17.2 Å². The number of fused-ring (bicyclic) bond motifs is 2. The summed E-state index contributed by atoms with van der Waals surface area (Å²) in [4.78, 5) is 16.0. The summed E-state index contributed by atoms with van der Waals surface area (Å²) in [6, 6.07) is 5.49. The molecule has 2 N–H and O–H groups in total. The molecule has 0 bridgehead atoms. The lowest BCUT2D eigenvalue weighted by molar-refractivity contribution is -0.158. The molecule has 1 saturated carbocycles. The third-order valence-corrected chi connectivity index (χ3v) is 6.06. The van der Waals surface area contributed by atoms with Gasteiger partial charge in [-0.2, -0.15) is 5.10 Å². The maximum Gasteiger partial charge on any atom is 0.341 e. The van der Waals surface area contributed by atoms with Crippen LogP contribution < -0.4 is 0 Å². The smallest absolute Gasteiger partial charge is 0.341 e. The number of hydrogen-bond donors (Lipinski definition) is 2. The summed E-state index contributed by atoms with van der Waals surface area (Å²) in [5.41, 5.74) is 1.40. The van der Waals surface area contributed by atoms with Crippen LogP contribution in [0.3, 0.4) is 0 Å². The molecule has 1 aliphatic carbocycles. The second kappa shape index (κ2) is 6.57. The Bertz CT molecular complexity index is 1350. The Morgan fingerprint density at radius 3 is 2.65 bits per heavy atom. The van der Waals surface area contributed by atoms with E-state index in [0.29, 0.717) is 22.4 Å². The molecular weight excluding hydrogens is 409 g/mol. The Kier molecular flexibility index (Phi) is 4.15. The standard InChI is InChI=1S/C22H19F3N4O2/c1-10(2)19-17(12-7-22(25,8-12)21(30)31)18-16(5-11-9-26-28-20(11)27-18)29(19)13-3-4-14(23)15(24)6-13/h3-6,9-10,12H,7-8H2,1-2H3,(H,30,31)(H,26,27,28)/t12-,22+. The third kappa shape index (κ3) is 2.83. The number of carboxylic acid groups (broad SMARTS) is 1. The highest BCUT2D eigenvalue weighted by molar-refractivity contribution is 5.94. The molecule has 0 spiro atoms. The van der Waals surface area contributed by atoms with Gasteiger partial charge in [0.1, 0.15) is 0 Å². The van der Waals surface area contributed by atoms with Gasteiger partial charge in [-0.25, -0.2) is 22.9 Å². The average molecular weight is 428 g/mol. The summed E-state index contributed by atoms with van der Waals surface area (Å²) in [7, 11) is 0. The van der Waals surface area contributed by atoms with E-state index in [4.69, 9.17) is 0 Å². The van der Waals surface area contributed by atoms with Crippen LogP contribution >= 0.6 is 0 Å². The number of carboxylic acids is 1. The van der Waals surface area contributed by atoms with Crippen LogP contribution in [0.15, 0.2) is 30.5 Å². The van der Waals surface area contributed by atoms with Crippen molar-refractivity contribution in [2.75, 3.05) is 0 Å². The van der Waals surface area contributed by atoms with Crippen LogP contribution in [-0.2, 0) is 4.79 Å². The minimum atomic E-state index is -2.27. The van der Waals surface area contributed by atoms with Gasteiger partial charge in [0.25, 0.3) is 0 Å². The molecule has 0 radical (unpaired) electrons. The summed E-state index contributed by atoms with van der Waals surface area (Å²) in [5.74, 6) is -3.84. The van der Waals surface area contributed by atoms with Crippen molar-refractivity contribution in [3.05, 3.63) is 53.4 Å². The minimum Gasteiger partial charge on any atom is -0.479 e. The Hall–Kier alpha value is -3.36. The fraction of sp³-hybridized carbons (Fsp3) is 0.318. The molecule has 9 heteroatoms. The van der Waals surface area contributed by atoms with Crippen LogP contribution in [0.25, 0.3) is 27.8 Å². The number of aromatic amines is 1. The molecule has 0 amide bonds. The molecule has 1 aliphatic rings. The van der Waals surface area contributed by atoms with Crippen LogP contribution in [0.5, 0.6) is 0 Å². The zero-order valence-corrected chi connectivity index (χ0v) is 16.8. The van der Waals surface area contributed by atoms with E-state index >= 15 is 0 Å². The van der Waals surface area contributed by atoms with Crippen molar-refractivity contribution in [2.45, 2.75) is 44.2 Å². The molecule has 0 saturated heterocycles. The number of benzene rings is 1. The number of pyridine rings is 1. The number of nitrogens with zero attached hydrogens (tertiary/aromatic N) is 3. The number of halogens is 3. The van der Waals surface area contributed by atoms with Crippen molar-refractivity contribution in [3.63, 3.8) is 0 Å². The van der Waals surface area contributed by atoms with Crippen molar-refractivity contribution in [1.29, 1.82) is 0 Å². The van der Waals surface area contributed by atoms with Crippen molar-refractivity contribution in [1.82, 2.24) is 19.7 Å². The average Bonchev–Trinajstić information content (AvgIpc) is 3.27. The van der Waals surface area contributed by atoms with Crippen LogP contribution in [0.4, 0.5) is 13.2 Å². The molecule has 4 aromatic rings. The second-order valence-electron chi connectivity index (χ2n) is 8.43. The highest BCUT2D eigenvalue weighted by Crippen LogP contribution is 2.52. The van der Waals surface area contributed by atoms with Gasteiger partial charge in [-0.3, -0.25) is 5.10 Å². The summed E-state index contributed by atoms with van der Waals surface area (Å²) >= 11 is 0. The van der Waals surface area contributed by atoms with Gasteiger partial charge >= 0.3 is 5.97 Å². The SMILES string of the molecule is CC(C)c1c([C@H]2C[C@](F)(C(=O)O)C2)c2nc3[nH]ncc3cc2n1-c1ccc(F)c(F)c1. The minimum absolute atomic E-state index is 0.0757. The number of carbonyl (C=O) groups is 1. The number of nitrogens with one attached hydrogen (secondary N) is 1. The Balaban J connectivity index is 1.82. The van der Waals surface area contributed by atoms with E-state index in [9.17, 15) is 23.1 Å². The quantitative estimate of drug-likeness (QED) is 0.481. The predicted octanol–water partition coefficient (Wildman–Crippen LogP) is 4.97. The largest absolute Gasteiger partial charge is 0.479 e. The van der Waals surface area contributed by atoms with Crippen molar-refractivity contribution in [2.24, 2.45) is 0 Å². The number of aliphatic carboxylic acids is 1. The van der Waals surface area contributed by atoms with Crippen LogP contribution in [0.1, 0.15) is 49.8 Å². The zero-order chi connectivity index (χ0) is 22.1. The van der Waals surface area contributed by atoms with E-state index in [2.05, 4.69) is 15.2 Å². The Morgan fingerprint density at radius 2 is 2.00 bits per heavy atom. The highest BCUT2D eigenvalue weighted by atomic mass is 19.2. The molecule has 3 aromatic heterocycles. The van der Waals surface area contributed by atoms with Gasteiger partial charge < -0.3 is 9.67 Å². The molecule has 1 aromatic carbocycles. The fourth-order valence-electron chi connectivity index (χ4n) is 4.58. The number of H-pyrrole nitrogens is 1. The maximum atomic E-state index is 14.6. The van der Waals surface area contributed by atoms with Gasteiger partial charge in [0.2, 0.25) is 5.67 Å². The lowest BCUT2D eigenvalue weighted by atomic mass is 9.68. The van der Waals surface area contributed by atoms with E-state index in [1.165, 1.54) is 6.07 Å². The summed E-state index contributed by atoms with van der Waals surface area (Å²) in [6.45, 7) is 3.89. The normalized spacial score (nSPS) is 21.2. The topological polar surface area (TPSA) is 83.8 Å². The fourth-order valence-corrected chi connectivity index (χ4v) is 4.58. The second-order valence-corrected chi connectivity index (χ2v) is 8.43. The Labute approximate surface area is 174 Å². The molecule has 0 atom stereocenters. The number of hydrogen-bond acceptors (Lipinski definition) is 3. The van der Waals surface area contributed by atoms with Crippen LogP contribution in [0.2, 0.25) is 0 Å². The number of rotatable bonds is 4. The monoisotopic (exact) mass is 428 g/mol. The van der Waals surface area contributed by atoms with Crippen molar-refractivity contribution < 1.29 is 23.1 Å². The molecular formula is C22H19F3N4O2. The van der Waals surface area contributed by atoms with E-state index in [0.717, 1.165) is 28.8 Å². The first-order valence-corrected chi connectivity index (χ1v) is 9.95. The van der Waals surface area contributed by atoms with E-state index in [-0.39, 0.29) is 24.7 Å². The van der Waals surface area contributed by atoms with E-state index in [1.807, 2.05) is 19.9 Å². The first-order chi connectivity index (χ1) is 14.7. The highest BCUT2D eigenvalue weighted by Gasteiger charge is 2.53. The maximum absolute atomic E-state index is 14.6. The van der Waals surface area contributed by atoms with E-state index in [1.54, 1.807) is 10.8 Å². The molecule has 160 valence electrons. The summed E-state index contributed by atoms with van der Waals surface area (Å²) in [6.07, 6.45) is 1.28. The molecule has 0 unspecified atom stereocenters. The van der Waals surface area contributed by atoms with Crippen molar-refractivity contribution >= 4 is 28.0 Å². The van der Waals surface area contributed by atoms with Gasteiger partial charge in [0, 0.05) is 28.4 Å². The van der Waals surface area contributed by atoms with Crippen LogP contribution in [0, 0.1) is 11.6 Å². The molecule has 1 fully saturated rings. The number of alkyl halides is 1. The van der Waals surface area contributed by atoms with Gasteiger partial charge in [0.15, 0.2) is 17.3 Å². The Morgan fingerprint density at radius 1 is 1.26 bits per heavy atom. The van der Waals surface area contributed by atoms with Gasteiger partial charge in [-0.05, 0) is 42.9 Å². The molecule has 31 heavy (non-hydrogen) atoms. The third-order valence-electron chi connectivity index (χ3n) is 6.06. The van der Waals surface area contributed by atoms with Gasteiger partial charge in [-0.1, -0.05) is 13.8 Å². The predicted molar refractivity (Wildman–Crippen MR) is 108 cm³/mol. The van der Waals surface area contributed by atoms with E-state index < -0.39 is 23.3 Å². The first-order valence-electron chi connectivity index (χ1n) is 9.95. The van der Waals surface area contributed by atoms with Gasteiger partial charge in [-0.15, -0.1) is 0 Å². The molecule has 6 nitrogen and oxygen atoms in total. The first kappa shape index (κ1) is 19.6. The van der Waals surface area contributed by atoms with Crippen molar-refractivity contribution in [3.8, 4) is 5.69 Å².